The molecule has 0 atom stereocenters. The molecule has 2 rings (SSSR count). The van der Waals surface area contributed by atoms with Crippen molar-refractivity contribution in [3.8, 4) is 11.8 Å². The second-order valence-electron chi connectivity index (χ2n) is 3.54. The molecule has 0 amide bonds. The van der Waals surface area contributed by atoms with Gasteiger partial charge in [-0.25, -0.2) is 9.97 Å². The highest BCUT2D eigenvalue weighted by Crippen LogP contribution is 2.15. The van der Waals surface area contributed by atoms with E-state index in [9.17, 15) is 0 Å². The van der Waals surface area contributed by atoms with Gasteiger partial charge in [-0.1, -0.05) is 0 Å². The van der Waals surface area contributed by atoms with Crippen molar-refractivity contribution in [3.05, 3.63) is 30.4 Å². The molecule has 2 aromatic rings. The molecule has 2 heterocycles. The van der Waals surface area contributed by atoms with Crippen LogP contribution in [-0.4, -0.2) is 26.8 Å². The lowest BCUT2D eigenvalue weighted by Gasteiger charge is -2.01. The molecule has 17 heavy (non-hydrogen) atoms. The lowest BCUT2D eigenvalue weighted by atomic mass is 10.3. The van der Waals surface area contributed by atoms with E-state index >= 15 is 0 Å². The van der Waals surface area contributed by atoms with Gasteiger partial charge in [0.05, 0.1) is 12.4 Å². The van der Waals surface area contributed by atoms with Crippen molar-refractivity contribution in [2.75, 3.05) is 7.05 Å². The summed E-state index contributed by atoms with van der Waals surface area (Å²) in [5.74, 6) is 0.646. The smallest absolute Gasteiger partial charge is 0.321 e. The lowest BCUT2D eigenvalue weighted by Crippen LogP contribution is -2.06. The van der Waals surface area contributed by atoms with Gasteiger partial charge in [0.1, 0.15) is 0 Å². The number of rotatable bonds is 5. The van der Waals surface area contributed by atoms with Crippen molar-refractivity contribution in [1.29, 1.82) is 0 Å². The Hall–Kier alpha value is -1.95. The van der Waals surface area contributed by atoms with E-state index in [-0.39, 0.29) is 0 Å². The third-order valence-corrected chi connectivity index (χ3v) is 2.21. The number of hydrogen-bond donors (Lipinski definition) is 1. The molecule has 0 radical (unpaired) electrons. The third kappa shape index (κ3) is 3.01. The SMILES string of the molecule is CCn1cc(Oc2ncc(CNC)cn2)cn1. The maximum Gasteiger partial charge on any atom is 0.321 e. The maximum absolute atomic E-state index is 5.47. The molecule has 6 nitrogen and oxygen atoms in total. The average molecular weight is 233 g/mol. The van der Waals surface area contributed by atoms with Gasteiger partial charge < -0.3 is 10.1 Å². The van der Waals surface area contributed by atoms with Crippen LogP contribution in [0, 0.1) is 0 Å². The quantitative estimate of drug-likeness (QED) is 0.840. The summed E-state index contributed by atoms with van der Waals surface area (Å²) in [5.41, 5.74) is 1.02. The van der Waals surface area contributed by atoms with Gasteiger partial charge in [-0.3, -0.25) is 4.68 Å². The summed E-state index contributed by atoms with van der Waals surface area (Å²) in [6.07, 6.45) is 6.94. The van der Waals surface area contributed by atoms with Crippen molar-refractivity contribution in [2.45, 2.75) is 20.0 Å². The zero-order chi connectivity index (χ0) is 12.1. The summed E-state index contributed by atoms with van der Waals surface area (Å²) >= 11 is 0. The number of aryl methyl sites for hydroxylation is 1. The molecule has 90 valence electrons. The second-order valence-corrected chi connectivity index (χ2v) is 3.54. The van der Waals surface area contributed by atoms with Gasteiger partial charge in [-0.15, -0.1) is 0 Å². The zero-order valence-corrected chi connectivity index (χ0v) is 9.92. The Labute approximate surface area is 99.7 Å². The van der Waals surface area contributed by atoms with Crippen molar-refractivity contribution < 1.29 is 4.74 Å². The van der Waals surface area contributed by atoms with Crippen LogP contribution in [0.25, 0.3) is 0 Å². The van der Waals surface area contributed by atoms with Crippen LogP contribution in [0.3, 0.4) is 0 Å². The Kier molecular flexibility index (Phi) is 3.66. The molecule has 0 spiro atoms. The van der Waals surface area contributed by atoms with Crippen molar-refractivity contribution in [2.24, 2.45) is 0 Å². The van der Waals surface area contributed by atoms with Crippen molar-refractivity contribution in [3.63, 3.8) is 0 Å². The Bertz CT molecular complexity index is 465. The number of aromatic nitrogens is 4. The fourth-order valence-electron chi connectivity index (χ4n) is 1.37. The Morgan fingerprint density at radius 1 is 1.29 bits per heavy atom. The molecule has 6 heteroatoms. The molecular weight excluding hydrogens is 218 g/mol. The number of hydrogen-bond acceptors (Lipinski definition) is 5. The lowest BCUT2D eigenvalue weighted by molar-refractivity contribution is 0.440. The first-order valence-electron chi connectivity index (χ1n) is 5.47. The molecule has 0 bridgehead atoms. The minimum atomic E-state index is 0.334. The highest BCUT2D eigenvalue weighted by atomic mass is 16.5. The van der Waals surface area contributed by atoms with Gasteiger partial charge >= 0.3 is 6.01 Å². The van der Waals surface area contributed by atoms with Crippen LogP contribution in [0.15, 0.2) is 24.8 Å². The molecule has 0 fully saturated rings. The van der Waals surface area contributed by atoms with Crippen LogP contribution in [0.5, 0.6) is 11.8 Å². The first-order valence-corrected chi connectivity index (χ1v) is 5.47. The molecule has 1 N–H and O–H groups in total. The normalized spacial score (nSPS) is 10.5. The number of nitrogens with zero attached hydrogens (tertiary/aromatic N) is 4. The molecule has 0 aromatic carbocycles. The minimum Gasteiger partial charge on any atom is -0.421 e. The zero-order valence-electron chi connectivity index (χ0n) is 9.92. The van der Waals surface area contributed by atoms with E-state index in [4.69, 9.17) is 4.74 Å². The predicted molar refractivity (Wildman–Crippen MR) is 62.8 cm³/mol. The highest BCUT2D eigenvalue weighted by Gasteiger charge is 2.03. The Morgan fingerprint density at radius 2 is 2.06 bits per heavy atom. The van der Waals surface area contributed by atoms with E-state index in [1.54, 1.807) is 23.3 Å². The summed E-state index contributed by atoms with van der Waals surface area (Å²) in [5, 5.41) is 7.13. The van der Waals surface area contributed by atoms with Crippen LogP contribution in [0.4, 0.5) is 0 Å². The average Bonchev–Trinajstić information content (AvgIpc) is 2.80. The van der Waals surface area contributed by atoms with Gasteiger partial charge in [-0.2, -0.15) is 5.10 Å². The number of ether oxygens (including phenoxy) is 1. The van der Waals surface area contributed by atoms with Crippen molar-refractivity contribution >= 4 is 0 Å². The Morgan fingerprint density at radius 3 is 2.65 bits per heavy atom. The van der Waals surface area contributed by atoms with Crippen LogP contribution in [0.2, 0.25) is 0 Å². The molecule has 0 aliphatic rings. The largest absolute Gasteiger partial charge is 0.421 e. The van der Waals surface area contributed by atoms with E-state index in [2.05, 4.69) is 20.4 Å². The molecule has 0 aliphatic heterocycles. The minimum absolute atomic E-state index is 0.334. The maximum atomic E-state index is 5.47. The highest BCUT2D eigenvalue weighted by molar-refractivity contribution is 5.17. The first kappa shape index (κ1) is 11.5. The summed E-state index contributed by atoms with van der Waals surface area (Å²) in [4.78, 5) is 8.23. The van der Waals surface area contributed by atoms with Gasteiger partial charge in [0.25, 0.3) is 0 Å². The summed E-state index contributed by atoms with van der Waals surface area (Å²) < 4.78 is 7.25. The van der Waals surface area contributed by atoms with Gasteiger partial charge in [0.15, 0.2) is 5.75 Å². The van der Waals surface area contributed by atoms with E-state index in [1.165, 1.54) is 0 Å². The fraction of sp³-hybridized carbons (Fsp3) is 0.364. The van der Waals surface area contributed by atoms with Crippen LogP contribution < -0.4 is 10.1 Å². The van der Waals surface area contributed by atoms with Crippen LogP contribution in [-0.2, 0) is 13.1 Å². The second kappa shape index (κ2) is 5.40. The summed E-state index contributed by atoms with van der Waals surface area (Å²) in [6.45, 7) is 3.57. The third-order valence-electron chi connectivity index (χ3n) is 2.21. The number of nitrogens with one attached hydrogen (secondary N) is 1. The van der Waals surface area contributed by atoms with Crippen molar-refractivity contribution in [1.82, 2.24) is 25.1 Å². The van der Waals surface area contributed by atoms with Crippen LogP contribution in [0.1, 0.15) is 12.5 Å². The standard InChI is InChI=1S/C11H15N5O/c1-3-16-8-10(7-15-16)17-11-13-5-9(4-12-2)6-14-11/h5-8,12H,3-4H2,1-2H3. The monoisotopic (exact) mass is 233 g/mol. The van der Waals surface area contributed by atoms with Gasteiger partial charge in [0.2, 0.25) is 0 Å². The summed E-state index contributed by atoms with van der Waals surface area (Å²) in [6, 6.07) is 0.334. The van der Waals surface area contributed by atoms with Gasteiger partial charge in [0, 0.05) is 31.0 Å². The first-order chi connectivity index (χ1) is 8.31. The molecule has 0 unspecified atom stereocenters. The summed E-state index contributed by atoms with van der Waals surface area (Å²) in [7, 11) is 1.88. The fourth-order valence-corrected chi connectivity index (χ4v) is 1.37. The molecular formula is C11H15N5O. The molecule has 0 saturated heterocycles. The van der Waals surface area contributed by atoms with E-state index in [1.807, 2.05) is 20.2 Å². The Balaban J connectivity index is 2.03. The molecule has 2 aromatic heterocycles. The van der Waals surface area contributed by atoms with E-state index in [0.717, 1.165) is 18.7 Å². The predicted octanol–water partition coefficient (Wildman–Crippen LogP) is 1.20. The molecule has 0 aliphatic carbocycles. The van der Waals surface area contributed by atoms with Gasteiger partial charge in [-0.05, 0) is 14.0 Å². The topological polar surface area (TPSA) is 64.9 Å². The van der Waals surface area contributed by atoms with E-state index in [0.29, 0.717) is 11.8 Å². The van der Waals surface area contributed by atoms with E-state index < -0.39 is 0 Å². The molecule has 0 saturated carbocycles. The van der Waals surface area contributed by atoms with Crippen LogP contribution >= 0.6 is 0 Å².